The number of hydrogen-bond acceptors (Lipinski definition) is 3. The van der Waals surface area contributed by atoms with Crippen LogP contribution in [0.15, 0.2) is 24.3 Å². The van der Waals surface area contributed by atoms with Crippen molar-refractivity contribution in [2.45, 2.75) is 39.5 Å². The average Bonchev–Trinajstić information content (AvgIpc) is 2.29. The zero-order valence-corrected chi connectivity index (χ0v) is 13.1. The molecule has 5 heteroatoms. The second-order valence-electron chi connectivity index (χ2n) is 4.74. The van der Waals surface area contributed by atoms with Crippen molar-refractivity contribution in [1.29, 1.82) is 0 Å². The fourth-order valence-electron chi connectivity index (χ4n) is 1.49. The van der Waals surface area contributed by atoms with Crippen LogP contribution in [-0.4, -0.2) is 11.5 Å². The molecule has 0 fully saturated rings. The van der Waals surface area contributed by atoms with Gasteiger partial charge in [-0.1, -0.05) is 32.9 Å². The van der Waals surface area contributed by atoms with Crippen LogP contribution in [-0.2, 0) is 21.7 Å². The van der Waals surface area contributed by atoms with Crippen LogP contribution in [0.2, 0.25) is 0 Å². The lowest BCUT2D eigenvalue weighted by Crippen LogP contribution is -2.14. The minimum absolute atomic E-state index is 0.137. The highest BCUT2D eigenvalue weighted by molar-refractivity contribution is 8.07. The van der Waals surface area contributed by atoms with Crippen LogP contribution >= 0.6 is 6.72 Å². The van der Waals surface area contributed by atoms with Gasteiger partial charge < -0.3 is 9.42 Å². The standard InChI is InChI=1S/C13H21O3PS/c1-5-13(3,4)11-7-9-12(10-8-11)16-17(14,18)15-6-2/h7-10H,5-6H2,1-4H3,(H,14,18). The fraction of sp³-hybridized carbons (Fsp3) is 0.538. The maximum absolute atomic E-state index is 9.72. The number of benzene rings is 1. The fourth-order valence-corrected chi connectivity index (χ4v) is 2.84. The predicted molar refractivity (Wildman–Crippen MR) is 78.5 cm³/mol. The molecule has 1 N–H and O–H groups in total. The Morgan fingerprint density at radius 1 is 1.22 bits per heavy atom. The second-order valence-corrected chi connectivity index (χ2v) is 7.50. The van der Waals surface area contributed by atoms with Crippen molar-refractivity contribution in [2.75, 3.05) is 6.61 Å². The summed E-state index contributed by atoms with van der Waals surface area (Å²) in [4.78, 5) is 9.72. The molecule has 0 heterocycles. The third kappa shape index (κ3) is 4.36. The lowest BCUT2D eigenvalue weighted by atomic mass is 9.82. The van der Waals surface area contributed by atoms with E-state index in [0.29, 0.717) is 12.4 Å². The van der Waals surface area contributed by atoms with Crippen LogP contribution in [0.5, 0.6) is 5.75 Å². The molecule has 18 heavy (non-hydrogen) atoms. The summed E-state index contributed by atoms with van der Waals surface area (Å²) >= 11 is 4.88. The van der Waals surface area contributed by atoms with Crippen molar-refractivity contribution in [2.24, 2.45) is 0 Å². The van der Waals surface area contributed by atoms with E-state index in [9.17, 15) is 4.89 Å². The van der Waals surface area contributed by atoms with E-state index in [1.54, 1.807) is 6.92 Å². The monoisotopic (exact) mass is 288 g/mol. The topological polar surface area (TPSA) is 38.7 Å². The van der Waals surface area contributed by atoms with Gasteiger partial charge in [-0.2, -0.15) is 0 Å². The summed E-state index contributed by atoms with van der Waals surface area (Å²) in [7, 11) is 0. The molecule has 0 saturated heterocycles. The lowest BCUT2D eigenvalue weighted by Gasteiger charge is -2.23. The first-order chi connectivity index (χ1) is 8.30. The maximum atomic E-state index is 9.72. The molecule has 1 aromatic rings. The highest BCUT2D eigenvalue weighted by Gasteiger charge is 2.19. The van der Waals surface area contributed by atoms with Gasteiger partial charge in [0.1, 0.15) is 5.75 Å². The van der Waals surface area contributed by atoms with Crippen molar-refractivity contribution >= 4 is 18.5 Å². The molecule has 1 atom stereocenters. The number of rotatable bonds is 6. The summed E-state index contributed by atoms with van der Waals surface area (Å²) in [6.45, 7) is 5.52. The predicted octanol–water partition coefficient (Wildman–Crippen LogP) is 4.01. The van der Waals surface area contributed by atoms with Gasteiger partial charge in [0.25, 0.3) is 0 Å². The Hall–Kier alpha value is -0.410. The van der Waals surface area contributed by atoms with E-state index in [2.05, 4.69) is 20.8 Å². The van der Waals surface area contributed by atoms with E-state index in [1.807, 2.05) is 24.3 Å². The Kier molecular flexibility index (Phi) is 5.35. The largest absolute Gasteiger partial charge is 0.424 e. The molecule has 0 aromatic heterocycles. The molecule has 0 aliphatic heterocycles. The average molecular weight is 288 g/mol. The molecular weight excluding hydrogens is 267 g/mol. The van der Waals surface area contributed by atoms with Gasteiger partial charge in [-0.3, -0.25) is 4.52 Å². The Balaban J connectivity index is 2.81. The Morgan fingerprint density at radius 2 is 1.78 bits per heavy atom. The molecule has 0 saturated carbocycles. The summed E-state index contributed by atoms with van der Waals surface area (Å²) < 4.78 is 10.3. The molecule has 3 nitrogen and oxygen atoms in total. The first-order valence-corrected chi connectivity index (χ1v) is 8.67. The van der Waals surface area contributed by atoms with Crippen LogP contribution in [0.4, 0.5) is 0 Å². The van der Waals surface area contributed by atoms with E-state index in [-0.39, 0.29) is 5.41 Å². The quantitative estimate of drug-likeness (QED) is 0.803. The van der Waals surface area contributed by atoms with Crippen LogP contribution in [0.1, 0.15) is 39.7 Å². The highest BCUT2D eigenvalue weighted by Crippen LogP contribution is 2.44. The van der Waals surface area contributed by atoms with Gasteiger partial charge in [0.2, 0.25) is 0 Å². The van der Waals surface area contributed by atoms with Gasteiger partial charge in [0.05, 0.1) is 6.61 Å². The molecule has 1 unspecified atom stereocenters. The Labute approximate surface area is 114 Å². The van der Waals surface area contributed by atoms with Crippen molar-refractivity contribution in [3.05, 3.63) is 29.8 Å². The zero-order valence-electron chi connectivity index (χ0n) is 11.3. The Morgan fingerprint density at radius 3 is 2.22 bits per heavy atom. The molecule has 0 bridgehead atoms. The normalized spacial score (nSPS) is 15.2. The molecule has 0 aliphatic rings. The van der Waals surface area contributed by atoms with Crippen molar-refractivity contribution < 1.29 is 13.9 Å². The van der Waals surface area contributed by atoms with Gasteiger partial charge in [0, 0.05) is 11.8 Å². The minimum Gasteiger partial charge on any atom is -0.424 e. The van der Waals surface area contributed by atoms with Gasteiger partial charge in [0.15, 0.2) is 0 Å². The van der Waals surface area contributed by atoms with E-state index >= 15 is 0 Å². The van der Waals surface area contributed by atoms with Crippen molar-refractivity contribution in [3.63, 3.8) is 0 Å². The summed E-state index contributed by atoms with van der Waals surface area (Å²) in [6.07, 6.45) is 1.06. The molecule has 0 amide bonds. The SMILES string of the molecule is CCOP(O)(=S)Oc1ccc(C(C)(C)CC)cc1. The van der Waals surface area contributed by atoms with Crippen LogP contribution in [0, 0.1) is 0 Å². The maximum Gasteiger partial charge on any atom is 0.377 e. The third-order valence-electron chi connectivity index (χ3n) is 3.03. The van der Waals surface area contributed by atoms with E-state index in [4.69, 9.17) is 20.9 Å². The third-order valence-corrected chi connectivity index (χ3v) is 4.60. The highest BCUT2D eigenvalue weighted by atomic mass is 32.5. The molecule has 1 aromatic carbocycles. The zero-order chi connectivity index (χ0) is 13.8. The first kappa shape index (κ1) is 15.6. The summed E-state index contributed by atoms with van der Waals surface area (Å²) in [5.41, 5.74) is 1.37. The second kappa shape index (κ2) is 6.16. The smallest absolute Gasteiger partial charge is 0.377 e. The first-order valence-electron chi connectivity index (χ1n) is 6.08. The van der Waals surface area contributed by atoms with Gasteiger partial charge in [-0.05, 0) is 36.5 Å². The summed E-state index contributed by atoms with van der Waals surface area (Å²) in [5, 5.41) is 0. The Bertz CT molecular complexity index is 428. The molecule has 1 rings (SSSR count). The molecule has 0 aliphatic carbocycles. The molecular formula is C13H21O3PS. The number of hydrogen-bond donors (Lipinski definition) is 1. The van der Waals surface area contributed by atoms with Crippen molar-refractivity contribution in [3.8, 4) is 5.75 Å². The van der Waals surface area contributed by atoms with Crippen molar-refractivity contribution in [1.82, 2.24) is 0 Å². The van der Waals surface area contributed by atoms with Crippen LogP contribution in [0.25, 0.3) is 0 Å². The van der Waals surface area contributed by atoms with E-state index in [0.717, 1.165) is 6.42 Å². The lowest BCUT2D eigenvalue weighted by molar-refractivity contribution is 0.271. The van der Waals surface area contributed by atoms with Gasteiger partial charge >= 0.3 is 6.72 Å². The molecule has 0 radical (unpaired) electrons. The van der Waals surface area contributed by atoms with E-state index in [1.165, 1.54) is 5.56 Å². The van der Waals surface area contributed by atoms with Gasteiger partial charge in [-0.15, -0.1) is 0 Å². The summed E-state index contributed by atoms with van der Waals surface area (Å²) in [5.74, 6) is 0.546. The van der Waals surface area contributed by atoms with Gasteiger partial charge in [-0.25, -0.2) is 0 Å². The molecule has 102 valence electrons. The molecule has 0 spiro atoms. The van der Waals surface area contributed by atoms with Crippen LogP contribution < -0.4 is 4.52 Å². The minimum atomic E-state index is -3.14. The van der Waals surface area contributed by atoms with E-state index < -0.39 is 6.72 Å². The van der Waals surface area contributed by atoms with Crippen LogP contribution in [0.3, 0.4) is 0 Å². The summed E-state index contributed by atoms with van der Waals surface area (Å²) in [6, 6.07) is 7.65.